The summed E-state index contributed by atoms with van der Waals surface area (Å²) in [6, 6.07) is 2.78. The van der Waals surface area contributed by atoms with E-state index in [1.807, 2.05) is 20.8 Å². The quantitative estimate of drug-likeness (QED) is 0.799. The fourth-order valence-electron chi connectivity index (χ4n) is 2.12. The molecule has 21 heavy (non-hydrogen) atoms. The van der Waals surface area contributed by atoms with Crippen LogP contribution in [0.25, 0.3) is 0 Å². The highest BCUT2D eigenvalue weighted by Gasteiger charge is 2.48. The SMILES string of the molecule is CCNCc1cc(Br)cc(S(=O)(=O)NC2CC2(C)C)c1F. The number of hydrogen-bond donors (Lipinski definition) is 2. The molecule has 2 N–H and O–H groups in total. The summed E-state index contributed by atoms with van der Waals surface area (Å²) in [5.41, 5.74) is 0.281. The number of benzene rings is 1. The Labute approximate surface area is 133 Å². The minimum atomic E-state index is -3.85. The Bertz CT molecular complexity index is 647. The molecule has 0 heterocycles. The summed E-state index contributed by atoms with van der Waals surface area (Å²) >= 11 is 3.25. The number of rotatable bonds is 6. The van der Waals surface area contributed by atoms with E-state index >= 15 is 0 Å². The second-order valence-electron chi connectivity index (χ2n) is 6.02. The third kappa shape index (κ3) is 3.83. The van der Waals surface area contributed by atoms with Crippen LogP contribution in [0, 0.1) is 11.2 Å². The van der Waals surface area contributed by atoms with Crippen LogP contribution < -0.4 is 10.0 Å². The van der Waals surface area contributed by atoms with Crippen LogP contribution in [-0.4, -0.2) is 21.0 Å². The van der Waals surface area contributed by atoms with E-state index in [1.54, 1.807) is 6.07 Å². The minimum Gasteiger partial charge on any atom is -0.313 e. The van der Waals surface area contributed by atoms with Crippen LogP contribution in [0.1, 0.15) is 32.8 Å². The number of hydrogen-bond acceptors (Lipinski definition) is 3. The predicted octanol–water partition coefficient (Wildman–Crippen LogP) is 2.77. The predicted molar refractivity (Wildman–Crippen MR) is 84.0 cm³/mol. The standard InChI is InChI=1S/C14H20BrFN2O2S/c1-4-17-8-9-5-10(15)6-11(13(9)16)21(19,20)18-12-7-14(12,2)3/h5-6,12,17-18H,4,7-8H2,1-3H3. The maximum Gasteiger partial charge on any atom is 0.243 e. The zero-order valence-electron chi connectivity index (χ0n) is 12.3. The van der Waals surface area contributed by atoms with Gasteiger partial charge in [0.1, 0.15) is 10.7 Å². The molecule has 1 aliphatic rings. The van der Waals surface area contributed by atoms with Crippen molar-refractivity contribution in [1.82, 2.24) is 10.0 Å². The van der Waals surface area contributed by atoms with Crippen molar-refractivity contribution >= 4 is 26.0 Å². The van der Waals surface area contributed by atoms with E-state index < -0.39 is 15.8 Å². The van der Waals surface area contributed by atoms with Gasteiger partial charge in [-0.3, -0.25) is 0 Å². The molecule has 0 aliphatic heterocycles. The first kappa shape index (κ1) is 16.9. The van der Waals surface area contributed by atoms with Crippen molar-refractivity contribution in [3.8, 4) is 0 Å². The van der Waals surface area contributed by atoms with Gasteiger partial charge in [-0.05, 0) is 30.5 Å². The van der Waals surface area contributed by atoms with Crippen molar-refractivity contribution in [1.29, 1.82) is 0 Å². The zero-order valence-corrected chi connectivity index (χ0v) is 14.7. The summed E-state index contributed by atoms with van der Waals surface area (Å²) in [6.07, 6.45) is 0.770. The lowest BCUT2D eigenvalue weighted by atomic mass is 10.2. The number of halogens is 2. The Hall–Kier alpha value is -0.500. The Kier molecular flexibility index (Phi) is 4.78. The third-order valence-corrected chi connectivity index (χ3v) is 5.67. The van der Waals surface area contributed by atoms with Gasteiger partial charge in [-0.25, -0.2) is 17.5 Å². The Morgan fingerprint density at radius 2 is 2.05 bits per heavy atom. The van der Waals surface area contributed by atoms with E-state index in [0.717, 1.165) is 6.42 Å². The molecule has 0 radical (unpaired) electrons. The van der Waals surface area contributed by atoms with Gasteiger partial charge in [-0.1, -0.05) is 36.7 Å². The Morgan fingerprint density at radius 1 is 1.43 bits per heavy atom. The van der Waals surface area contributed by atoms with Crippen LogP contribution >= 0.6 is 15.9 Å². The molecule has 1 saturated carbocycles. The van der Waals surface area contributed by atoms with Gasteiger partial charge >= 0.3 is 0 Å². The maximum absolute atomic E-state index is 14.5. The van der Waals surface area contributed by atoms with E-state index in [9.17, 15) is 12.8 Å². The van der Waals surface area contributed by atoms with Crippen molar-refractivity contribution in [2.24, 2.45) is 5.41 Å². The van der Waals surface area contributed by atoms with Crippen molar-refractivity contribution in [2.45, 2.75) is 44.7 Å². The molecule has 7 heteroatoms. The van der Waals surface area contributed by atoms with Crippen molar-refractivity contribution < 1.29 is 12.8 Å². The molecule has 2 rings (SSSR count). The van der Waals surface area contributed by atoms with Gasteiger partial charge in [-0.15, -0.1) is 0 Å². The molecule has 1 fully saturated rings. The van der Waals surface area contributed by atoms with Gasteiger partial charge in [0.05, 0.1) is 0 Å². The lowest BCUT2D eigenvalue weighted by Crippen LogP contribution is -2.29. The lowest BCUT2D eigenvalue weighted by molar-refractivity contribution is 0.532. The fraction of sp³-hybridized carbons (Fsp3) is 0.571. The average molecular weight is 379 g/mol. The van der Waals surface area contributed by atoms with E-state index in [0.29, 0.717) is 23.1 Å². The van der Waals surface area contributed by atoms with Crippen LogP contribution in [0.15, 0.2) is 21.5 Å². The highest BCUT2D eigenvalue weighted by molar-refractivity contribution is 9.10. The molecule has 0 saturated heterocycles. The number of sulfonamides is 1. The van der Waals surface area contributed by atoms with Crippen LogP contribution in [0.4, 0.5) is 4.39 Å². The topological polar surface area (TPSA) is 58.2 Å². The molecule has 1 aliphatic carbocycles. The summed E-state index contributed by atoms with van der Waals surface area (Å²) in [5.74, 6) is -0.690. The molecule has 0 bridgehead atoms. The molecule has 1 atom stereocenters. The van der Waals surface area contributed by atoms with Crippen LogP contribution in [-0.2, 0) is 16.6 Å². The van der Waals surface area contributed by atoms with Crippen molar-refractivity contribution in [3.05, 3.63) is 28.0 Å². The van der Waals surface area contributed by atoms with E-state index in [1.165, 1.54) is 6.07 Å². The van der Waals surface area contributed by atoms with Gasteiger partial charge in [0.25, 0.3) is 0 Å². The molecule has 1 aromatic rings. The van der Waals surface area contributed by atoms with Crippen LogP contribution in [0.5, 0.6) is 0 Å². The zero-order chi connectivity index (χ0) is 15.8. The van der Waals surface area contributed by atoms with Crippen LogP contribution in [0.2, 0.25) is 0 Å². The van der Waals surface area contributed by atoms with Gasteiger partial charge in [-0.2, -0.15) is 0 Å². The van der Waals surface area contributed by atoms with Crippen LogP contribution in [0.3, 0.4) is 0 Å². The third-order valence-electron chi connectivity index (χ3n) is 3.75. The lowest BCUT2D eigenvalue weighted by Gasteiger charge is -2.12. The van der Waals surface area contributed by atoms with E-state index in [2.05, 4.69) is 26.0 Å². The maximum atomic E-state index is 14.5. The molecule has 1 aromatic carbocycles. The van der Waals surface area contributed by atoms with Gasteiger partial charge in [0, 0.05) is 22.6 Å². The molecule has 1 unspecified atom stereocenters. The summed E-state index contributed by atoms with van der Waals surface area (Å²) in [5, 5.41) is 3.00. The molecule has 118 valence electrons. The first-order valence-electron chi connectivity index (χ1n) is 6.88. The fourth-order valence-corrected chi connectivity index (χ4v) is 4.33. The minimum absolute atomic E-state index is 0.0534. The van der Waals surface area contributed by atoms with Crippen molar-refractivity contribution in [2.75, 3.05) is 6.54 Å². The molecule has 0 aromatic heterocycles. The first-order valence-corrected chi connectivity index (χ1v) is 9.16. The monoisotopic (exact) mass is 378 g/mol. The van der Waals surface area contributed by atoms with E-state index in [4.69, 9.17) is 0 Å². The molecule has 0 amide bonds. The van der Waals surface area contributed by atoms with Gasteiger partial charge < -0.3 is 5.32 Å². The highest BCUT2D eigenvalue weighted by atomic mass is 79.9. The summed E-state index contributed by atoms with van der Waals surface area (Å²) < 4.78 is 42.3. The normalized spacial score (nSPS) is 20.5. The molecular weight excluding hydrogens is 359 g/mol. The average Bonchev–Trinajstić information content (AvgIpc) is 2.95. The summed E-state index contributed by atoms with van der Waals surface area (Å²) in [7, 11) is -3.85. The molecular formula is C14H20BrFN2O2S. The Morgan fingerprint density at radius 3 is 2.57 bits per heavy atom. The Balaban J connectivity index is 2.32. The molecule has 0 spiro atoms. The summed E-state index contributed by atoms with van der Waals surface area (Å²) in [4.78, 5) is -0.299. The first-order chi connectivity index (χ1) is 9.67. The smallest absolute Gasteiger partial charge is 0.243 e. The molecule has 4 nitrogen and oxygen atoms in total. The van der Waals surface area contributed by atoms with Gasteiger partial charge in [0.15, 0.2) is 0 Å². The number of nitrogens with one attached hydrogen (secondary N) is 2. The highest BCUT2D eigenvalue weighted by Crippen LogP contribution is 2.45. The van der Waals surface area contributed by atoms with Crippen molar-refractivity contribution in [3.63, 3.8) is 0 Å². The second-order valence-corrected chi connectivity index (χ2v) is 8.62. The van der Waals surface area contributed by atoms with Gasteiger partial charge in [0.2, 0.25) is 10.0 Å². The largest absolute Gasteiger partial charge is 0.313 e. The second kappa shape index (κ2) is 5.95. The summed E-state index contributed by atoms with van der Waals surface area (Å²) in [6.45, 7) is 6.84. The van der Waals surface area contributed by atoms with E-state index in [-0.39, 0.29) is 16.4 Å².